The molecule has 67 heavy (non-hydrogen) atoms. The second-order valence-electron chi connectivity index (χ2n) is 23.3. The van der Waals surface area contributed by atoms with Crippen LogP contribution in [0.25, 0.3) is 5.57 Å². The molecule has 6 nitrogen and oxygen atoms in total. The van der Waals surface area contributed by atoms with E-state index in [1.54, 1.807) is 0 Å². The lowest BCUT2D eigenvalue weighted by Gasteiger charge is -2.31. The number of nitrogens with one attached hydrogen (secondary N) is 3. The Morgan fingerprint density at radius 3 is 1.16 bits per heavy atom. The molecule has 6 rings (SSSR count). The first kappa shape index (κ1) is 50.3. The number of phenolic OH excluding ortho intramolecular Hbond substituents is 2. The molecule has 1 unspecified atom stereocenters. The van der Waals surface area contributed by atoms with Gasteiger partial charge in [-0.15, -0.1) is 0 Å². The van der Waals surface area contributed by atoms with Crippen molar-refractivity contribution in [1.29, 1.82) is 0 Å². The monoisotopic (exact) mass is 899 g/mol. The highest BCUT2D eigenvalue weighted by molar-refractivity contribution is 5.71. The third-order valence-corrected chi connectivity index (χ3v) is 12.3. The van der Waals surface area contributed by atoms with Gasteiger partial charge >= 0.3 is 0 Å². The summed E-state index contributed by atoms with van der Waals surface area (Å²) >= 11 is 0. The van der Waals surface area contributed by atoms with Gasteiger partial charge in [0.05, 0.1) is 0 Å². The number of aromatic hydroxyl groups is 2. The molecule has 0 fully saturated rings. The van der Waals surface area contributed by atoms with Crippen molar-refractivity contribution in [2.75, 3.05) is 20.9 Å². The van der Waals surface area contributed by atoms with E-state index in [1.165, 1.54) is 12.0 Å². The molecule has 0 heterocycles. The first-order chi connectivity index (χ1) is 31.2. The summed E-state index contributed by atoms with van der Waals surface area (Å²) in [6.07, 6.45) is 2.32. The van der Waals surface area contributed by atoms with Gasteiger partial charge in [0, 0.05) is 64.0 Å². The van der Waals surface area contributed by atoms with E-state index in [9.17, 15) is 10.2 Å². The number of nitrogens with zero attached hydrogens (tertiary/aromatic N) is 1. The molecule has 0 aliphatic heterocycles. The van der Waals surface area contributed by atoms with Crippen molar-refractivity contribution in [1.82, 2.24) is 0 Å². The van der Waals surface area contributed by atoms with Crippen LogP contribution in [0.3, 0.4) is 0 Å². The van der Waals surface area contributed by atoms with E-state index in [0.29, 0.717) is 35.9 Å². The molecule has 6 aromatic carbocycles. The van der Waals surface area contributed by atoms with Gasteiger partial charge in [-0.2, -0.15) is 0 Å². The van der Waals surface area contributed by atoms with Crippen LogP contribution >= 0.6 is 0 Å². The highest BCUT2D eigenvalue weighted by Crippen LogP contribution is 2.42. The number of rotatable bonds is 15. The summed E-state index contributed by atoms with van der Waals surface area (Å²) in [6, 6.07) is 42.8. The molecule has 0 aromatic heterocycles. The third-order valence-electron chi connectivity index (χ3n) is 12.3. The van der Waals surface area contributed by atoms with Crippen molar-refractivity contribution in [2.45, 2.75) is 139 Å². The molecule has 0 saturated heterocycles. The lowest BCUT2D eigenvalue weighted by atomic mass is 9.78. The molecule has 0 aliphatic carbocycles. The molecule has 6 heteroatoms. The van der Waals surface area contributed by atoms with E-state index in [0.717, 1.165) is 85.2 Å². The van der Waals surface area contributed by atoms with E-state index in [-0.39, 0.29) is 16.2 Å². The topological polar surface area (TPSA) is 79.8 Å². The number of hydrogen-bond acceptors (Lipinski definition) is 6. The highest BCUT2D eigenvalue weighted by atomic mass is 16.3. The van der Waals surface area contributed by atoms with Crippen LogP contribution in [0.2, 0.25) is 0 Å². The first-order valence-electron chi connectivity index (χ1n) is 24.1. The Labute approximate surface area is 403 Å². The molecule has 0 bridgehead atoms. The Hall–Kier alpha value is -6.14. The molecule has 6 aromatic rings. The Morgan fingerprint density at radius 2 is 0.821 bits per heavy atom. The molecule has 1 atom stereocenters. The SMILES string of the molecule is C=C(C)c1cc(CN(Cc2cc(C(C)(C)C)c(O)c(C(C)(C)C)c2)c2ccc(Nc3ccc(Nc4ccc(Nc5ccc(CC(C)CC(C)(C)C)cc5)cc4)cc3)cc2)cc(C(C)(C)C)c1O. The number of anilines is 7. The average Bonchev–Trinajstić information content (AvgIpc) is 3.22. The minimum absolute atomic E-state index is 0.246. The van der Waals surface area contributed by atoms with Crippen LogP contribution in [0.5, 0.6) is 11.5 Å². The average molecular weight is 899 g/mol. The minimum atomic E-state index is -0.265. The maximum Gasteiger partial charge on any atom is 0.126 e. The van der Waals surface area contributed by atoms with Crippen molar-refractivity contribution in [3.05, 3.63) is 167 Å². The Bertz CT molecular complexity index is 2580. The zero-order valence-corrected chi connectivity index (χ0v) is 43.0. The predicted molar refractivity (Wildman–Crippen MR) is 289 cm³/mol. The predicted octanol–water partition coefficient (Wildman–Crippen LogP) is 17.1. The molecule has 0 radical (unpaired) electrons. The summed E-state index contributed by atoms with van der Waals surface area (Å²) in [5, 5.41) is 33.6. The third kappa shape index (κ3) is 13.7. The van der Waals surface area contributed by atoms with Crippen molar-refractivity contribution in [3.63, 3.8) is 0 Å². The fraction of sp³-hybridized carbons (Fsp3) is 0.377. The summed E-state index contributed by atoms with van der Waals surface area (Å²) in [6.45, 7) is 36.0. The minimum Gasteiger partial charge on any atom is -0.507 e. The maximum atomic E-state index is 11.6. The Kier molecular flexibility index (Phi) is 15.0. The van der Waals surface area contributed by atoms with Gasteiger partial charge in [-0.25, -0.2) is 0 Å². The zero-order chi connectivity index (χ0) is 49.1. The molecule has 5 N–H and O–H groups in total. The standard InChI is InChI=1S/C61H78N4O2/c1-40(2)52-33-43(34-53(56(52)66)59(7,8)9)38-65(39-44-35-54(60(10,11)12)57(67)55(36-44)61(13,14)15)51-30-28-50(29-31-51)64-49-26-24-48(25-27-49)63-47-22-20-46(21-23-47)62-45-18-16-42(17-19-45)32-41(3)37-58(4,5)6/h16-31,33-36,41,62-64,66-67H,1,32,37-39H2,2-15H3. The molecule has 0 spiro atoms. The second-order valence-corrected chi connectivity index (χ2v) is 23.3. The van der Waals surface area contributed by atoms with Crippen LogP contribution in [0.1, 0.15) is 142 Å². The smallest absolute Gasteiger partial charge is 0.126 e. The van der Waals surface area contributed by atoms with Crippen LogP contribution in [0.15, 0.2) is 128 Å². The lowest BCUT2D eigenvalue weighted by molar-refractivity contribution is 0.306. The number of hydrogen-bond donors (Lipinski definition) is 5. The second kappa shape index (κ2) is 20.0. The van der Waals surface area contributed by atoms with Gasteiger partial charge in [-0.3, -0.25) is 0 Å². The van der Waals surface area contributed by atoms with Crippen molar-refractivity contribution in [3.8, 4) is 11.5 Å². The summed E-state index contributed by atoms with van der Waals surface area (Å²) in [4.78, 5) is 2.38. The van der Waals surface area contributed by atoms with E-state index in [2.05, 4.69) is 239 Å². The lowest BCUT2D eigenvalue weighted by Crippen LogP contribution is -2.24. The van der Waals surface area contributed by atoms with Crippen LogP contribution in [0.4, 0.5) is 39.8 Å². The fourth-order valence-corrected chi connectivity index (χ4v) is 9.06. The Morgan fingerprint density at radius 1 is 0.493 bits per heavy atom. The van der Waals surface area contributed by atoms with Crippen LogP contribution in [0, 0.1) is 11.3 Å². The van der Waals surface area contributed by atoms with Gasteiger partial charge in [-0.05, 0) is 190 Å². The molecular weight excluding hydrogens is 821 g/mol. The molecule has 0 aliphatic rings. The largest absolute Gasteiger partial charge is 0.507 e. The molecule has 0 amide bonds. The quantitative estimate of drug-likeness (QED) is 0.0707. The van der Waals surface area contributed by atoms with E-state index in [4.69, 9.17) is 0 Å². The fourth-order valence-electron chi connectivity index (χ4n) is 9.06. The van der Waals surface area contributed by atoms with Crippen LogP contribution in [-0.4, -0.2) is 10.2 Å². The summed E-state index contributed by atoms with van der Waals surface area (Å²) < 4.78 is 0. The van der Waals surface area contributed by atoms with Gasteiger partial charge in [0.2, 0.25) is 0 Å². The number of allylic oxidation sites excluding steroid dienone is 1. The normalized spacial score (nSPS) is 12.7. The zero-order valence-electron chi connectivity index (χ0n) is 43.0. The van der Waals surface area contributed by atoms with E-state index >= 15 is 0 Å². The maximum absolute atomic E-state index is 11.6. The highest BCUT2D eigenvalue weighted by Gasteiger charge is 2.28. The van der Waals surface area contributed by atoms with E-state index in [1.807, 2.05) is 6.92 Å². The van der Waals surface area contributed by atoms with E-state index < -0.39 is 0 Å². The molecular formula is C61H78N4O2. The van der Waals surface area contributed by atoms with Crippen molar-refractivity contribution < 1.29 is 10.2 Å². The summed E-state index contributed by atoms with van der Waals surface area (Å²) in [5.41, 5.74) is 14.8. The van der Waals surface area contributed by atoms with Gasteiger partial charge in [0.1, 0.15) is 11.5 Å². The molecule has 354 valence electrons. The number of phenols is 2. The van der Waals surface area contributed by atoms with Crippen molar-refractivity contribution in [2.24, 2.45) is 11.3 Å². The number of benzene rings is 6. The van der Waals surface area contributed by atoms with Gasteiger partial charge in [0.25, 0.3) is 0 Å². The van der Waals surface area contributed by atoms with Gasteiger partial charge < -0.3 is 31.1 Å². The van der Waals surface area contributed by atoms with Gasteiger partial charge in [-0.1, -0.05) is 109 Å². The van der Waals surface area contributed by atoms with Crippen LogP contribution < -0.4 is 20.9 Å². The molecule has 0 saturated carbocycles. The first-order valence-corrected chi connectivity index (χ1v) is 24.1. The van der Waals surface area contributed by atoms with Crippen molar-refractivity contribution >= 4 is 45.4 Å². The summed E-state index contributed by atoms with van der Waals surface area (Å²) in [7, 11) is 0. The Balaban J connectivity index is 1.17. The van der Waals surface area contributed by atoms with Gasteiger partial charge in [0.15, 0.2) is 0 Å². The van der Waals surface area contributed by atoms with Crippen LogP contribution in [-0.2, 0) is 35.8 Å². The summed E-state index contributed by atoms with van der Waals surface area (Å²) in [5.74, 6) is 1.33.